The van der Waals surface area contributed by atoms with Crippen molar-refractivity contribution in [1.82, 2.24) is 10.6 Å². The van der Waals surface area contributed by atoms with E-state index in [0.717, 1.165) is 5.57 Å². The molecule has 0 spiro atoms. The van der Waals surface area contributed by atoms with Crippen molar-refractivity contribution in [2.75, 3.05) is 6.61 Å². The van der Waals surface area contributed by atoms with Gasteiger partial charge in [-0.15, -0.1) is 0 Å². The molecule has 1 saturated heterocycles. The van der Waals surface area contributed by atoms with Gasteiger partial charge in [0, 0.05) is 0 Å². The van der Waals surface area contributed by atoms with Gasteiger partial charge in [0.15, 0.2) is 0 Å². The molecule has 0 aromatic carbocycles. The molecule has 2 N–H and O–H groups in total. The van der Waals surface area contributed by atoms with Crippen LogP contribution in [0.3, 0.4) is 0 Å². The van der Waals surface area contributed by atoms with Gasteiger partial charge in [0.1, 0.15) is 12.3 Å². The molecule has 24 heavy (non-hydrogen) atoms. The van der Waals surface area contributed by atoms with Gasteiger partial charge in [-0.1, -0.05) is 27.4 Å². The number of rotatable bonds is 5. The Morgan fingerprint density at radius 2 is 2.12 bits per heavy atom. The number of amides is 2. The van der Waals surface area contributed by atoms with Crippen molar-refractivity contribution in [3.63, 3.8) is 0 Å². The maximum absolute atomic E-state index is 12.7. The fourth-order valence-corrected chi connectivity index (χ4v) is 2.69. The van der Waals surface area contributed by atoms with Crippen LogP contribution >= 0.6 is 0 Å². The van der Waals surface area contributed by atoms with E-state index in [2.05, 4.69) is 17.2 Å². The molecule has 1 aliphatic rings. The van der Waals surface area contributed by atoms with E-state index in [4.69, 9.17) is 9.15 Å². The van der Waals surface area contributed by atoms with Crippen LogP contribution in [0.5, 0.6) is 0 Å². The molecule has 1 aromatic rings. The summed E-state index contributed by atoms with van der Waals surface area (Å²) in [5.74, 6) is -0.562. The largest absolute Gasteiger partial charge is 0.472 e. The van der Waals surface area contributed by atoms with Gasteiger partial charge in [-0.05, 0) is 30.4 Å². The standard InChI is InChI=1S/C18H26N2O4/c1-11-9-24-12(2)15(11)20-17(22)14(8-18(3,4)5)19-16(21)13-6-7-23-10-13/h6-7,10,12,14-15H,1,8-9H2,2-5H3,(H,19,21)(H,20,22)/t12-,14?,15+/m0/s1. The summed E-state index contributed by atoms with van der Waals surface area (Å²) in [6, 6.07) is 0.689. The first-order valence-electron chi connectivity index (χ1n) is 8.10. The van der Waals surface area contributed by atoms with E-state index in [-0.39, 0.29) is 29.4 Å². The number of hydrogen-bond acceptors (Lipinski definition) is 4. The summed E-state index contributed by atoms with van der Waals surface area (Å²) in [5, 5.41) is 5.75. The molecule has 2 heterocycles. The lowest BCUT2D eigenvalue weighted by atomic mass is 9.87. The van der Waals surface area contributed by atoms with Crippen LogP contribution in [0.25, 0.3) is 0 Å². The summed E-state index contributed by atoms with van der Waals surface area (Å²) in [5.41, 5.74) is 1.11. The average Bonchev–Trinajstić information content (AvgIpc) is 3.10. The Morgan fingerprint density at radius 1 is 1.42 bits per heavy atom. The Hall–Kier alpha value is -2.08. The molecule has 1 aromatic heterocycles. The third-order valence-electron chi connectivity index (χ3n) is 3.96. The highest BCUT2D eigenvalue weighted by molar-refractivity contribution is 5.97. The average molecular weight is 334 g/mol. The zero-order valence-corrected chi connectivity index (χ0v) is 14.7. The van der Waals surface area contributed by atoms with E-state index in [9.17, 15) is 9.59 Å². The van der Waals surface area contributed by atoms with Crippen molar-refractivity contribution in [3.05, 3.63) is 36.3 Å². The van der Waals surface area contributed by atoms with Gasteiger partial charge in [0.25, 0.3) is 5.91 Å². The molecule has 0 bridgehead atoms. The molecule has 2 rings (SSSR count). The third kappa shape index (κ3) is 4.71. The first-order chi connectivity index (χ1) is 11.2. The predicted molar refractivity (Wildman–Crippen MR) is 90.5 cm³/mol. The number of ether oxygens (including phenoxy) is 1. The molecule has 1 aliphatic heterocycles. The number of furan rings is 1. The van der Waals surface area contributed by atoms with Gasteiger partial charge in [-0.2, -0.15) is 0 Å². The fourth-order valence-electron chi connectivity index (χ4n) is 2.69. The maximum atomic E-state index is 12.7. The van der Waals surface area contributed by atoms with E-state index < -0.39 is 6.04 Å². The van der Waals surface area contributed by atoms with Crippen LogP contribution in [0.15, 0.2) is 35.2 Å². The van der Waals surface area contributed by atoms with Gasteiger partial charge >= 0.3 is 0 Å². The lowest BCUT2D eigenvalue weighted by Gasteiger charge is -2.28. The molecule has 132 valence electrons. The van der Waals surface area contributed by atoms with Gasteiger partial charge < -0.3 is 19.8 Å². The smallest absolute Gasteiger partial charge is 0.255 e. The van der Waals surface area contributed by atoms with E-state index in [0.29, 0.717) is 18.6 Å². The second-order valence-corrected chi connectivity index (χ2v) is 7.46. The van der Waals surface area contributed by atoms with Crippen LogP contribution in [0.4, 0.5) is 0 Å². The van der Waals surface area contributed by atoms with E-state index >= 15 is 0 Å². The molecule has 0 radical (unpaired) electrons. The Labute approximate surface area is 142 Å². The Bertz CT molecular complexity index is 601. The molecule has 2 amide bonds. The van der Waals surface area contributed by atoms with Crippen LogP contribution in [0.2, 0.25) is 0 Å². The summed E-state index contributed by atoms with van der Waals surface area (Å²) in [6.45, 7) is 12.3. The van der Waals surface area contributed by atoms with Crippen LogP contribution < -0.4 is 10.6 Å². The van der Waals surface area contributed by atoms with Crippen molar-refractivity contribution in [3.8, 4) is 0 Å². The van der Waals surface area contributed by atoms with Crippen molar-refractivity contribution < 1.29 is 18.7 Å². The van der Waals surface area contributed by atoms with Crippen LogP contribution in [-0.4, -0.2) is 36.6 Å². The Morgan fingerprint density at radius 3 is 2.62 bits per heavy atom. The minimum atomic E-state index is -0.645. The molecule has 6 nitrogen and oxygen atoms in total. The molecule has 3 atom stereocenters. The van der Waals surface area contributed by atoms with Gasteiger partial charge in [0.05, 0.1) is 30.6 Å². The zero-order valence-electron chi connectivity index (χ0n) is 14.7. The van der Waals surface area contributed by atoms with Crippen molar-refractivity contribution in [2.24, 2.45) is 5.41 Å². The van der Waals surface area contributed by atoms with Crippen LogP contribution in [0, 0.1) is 5.41 Å². The minimum Gasteiger partial charge on any atom is -0.472 e. The van der Waals surface area contributed by atoms with E-state index in [1.165, 1.54) is 12.5 Å². The normalized spacial score (nSPS) is 22.2. The Kier molecular flexibility index (Phi) is 5.49. The molecule has 1 fully saturated rings. The summed E-state index contributed by atoms with van der Waals surface area (Å²) in [4.78, 5) is 25.0. The van der Waals surface area contributed by atoms with Crippen molar-refractivity contribution in [1.29, 1.82) is 0 Å². The highest BCUT2D eigenvalue weighted by Crippen LogP contribution is 2.23. The molecular weight excluding hydrogens is 308 g/mol. The number of nitrogens with one attached hydrogen (secondary N) is 2. The molecule has 6 heteroatoms. The molecule has 0 saturated carbocycles. The SMILES string of the molecule is C=C1CO[C@@H](C)[C@@H]1NC(=O)C(CC(C)(C)C)NC(=O)c1ccoc1. The molecular formula is C18H26N2O4. The topological polar surface area (TPSA) is 80.6 Å². The van der Waals surface area contributed by atoms with Gasteiger partial charge in [0.2, 0.25) is 5.91 Å². The second-order valence-electron chi connectivity index (χ2n) is 7.46. The molecule has 1 unspecified atom stereocenters. The number of carbonyl (C=O) groups is 2. The fraction of sp³-hybridized carbons (Fsp3) is 0.556. The Balaban J connectivity index is 2.08. The second kappa shape index (κ2) is 7.21. The highest BCUT2D eigenvalue weighted by Gasteiger charge is 2.33. The van der Waals surface area contributed by atoms with Gasteiger partial charge in [-0.25, -0.2) is 0 Å². The lowest BCUT2D eigenvalue weighted by Crippen LogP contribution is -2.52. The lowest BCUT2D eigenvalue weighted by molar-refractivity contribution is -0.124. The number of carbonyl (C=O) groups excluding carboxylic acids is 2. The highest BCUT2D eigenvalue weighted by atomic mass is 16.5. The van der Waals surface area contributed by atoms with E-state index in [1.807, 2.05) is 27.7 Å². The minimum absolute atomic E-state index is 0.124. The molecule has 0 aliphatic carbocycles. The van der Waals surface area contributed by atoms with E-state index in [1.54, 1.807) is 6.07 Å². The zero-order chi connectivity index (χ0) is 17.9. The monoisotopic (exact) mass is 334 g/mol. The summed E-state index contributed by atoms with van der Waals surface area (Å²) in [7, 11) is 0. The van der Waals surface area contributed by atoms with Crippen molar-refractivity contribution >= 4 is 11.8 Å². The first-order valence-corrected chi connectivity index (χ1v) is 8.10. The van der Waals surface area contributed by atoms with Gasteiger partial charge in [-0.3, -0.25) is 9.59 Å². The van der Waals surface area contributed by atoms with Crippen LogP contribution in [0.1, 0.15) is 44.5 Å². The summed E-state index contributed by atoms with van der Waals surface area (Å²) < 4.78 is 10.4. The predicted octanol–water partition coefficient (Wildman–Crippen LogP) is 2.27. The third-order valence-corrected chi connectivity index (χ3v) is 3.96. The first kappa shape index (κ1) is 18.3. The van der Waals surface area contributed by atoms with Crippen molar-refractivity contribution in [2.45, 2.75) is 52.3 Å². The summed E-state index contributed by atoms with van der Waals surface area (Å²) in [6.07, 6.45) is 3.17. The van der Waals surface area contributed by atoms with Crippen LogP contribution in [-0.2, 0) is 9.53 Å². The maximum Gasteiger partial charge on any atom is 0.255 e. The summed E-state index contributed by atoms with van der Waals surface area (Å²) >= 11 is 0. The number of hydrogen-bond donors (Lipinski definition) is 2. The quantitative estimate of drug-likeness (QED) is 0.810.